The van der Waals surface area contributed by atoms with Crippen molar-refractivity contribution in [3.63, 3.8) is 0 Å². The molecule has 0 N–H and O–H groups in total. The first-order chi connectivity index (χ1) is 3.95. The molecule has 0 amide bonds. The molecule has 0 aromatic heterocycles. The Morgan fingerprint density at radius 3 is 2.00 bits per heavy atom. The van der Waals surface area contributed by atoms with Gasteiger partial charge in [0.05, 0.1) is 0 Å². The van der Waals surface area contributed by atoms with E-state index in [1.54, 1.807) is 0 Å². The molecule has 1 nitrogen and oxygen atoms in total. The van der Waals surface area contributed by atoms with Gasteiger partial charge in [-0.25, -0.2) is 0 Å². The van der Waals surface area contributed by atoms with Gasteiger partial charge in [0.25, 0.3) is 0 Å². The first-order valence-corrected chi connectivity index (χ1v) is 3.63. The van der Waals surface area contributed by atoms with Crippen molar-refractivity contribution in [3.05, 3.63) is 0 Å². The van der Waals surface area contributed by atoms with Crippen LogP contribution in [0.15, 0.2) is 0 Å². The van der Waals surface area contributed by atoms with Crippen molar-refractivity contribution in [1.82, 2.24) is 0 Å². The van der Waals surface area contributed by atoms with Crippen molar-refractivity contribution in [2.24, 2.45) is 0 Å². The van der Waals surface area contributed by atoms with Crippen LogP contribution in [-0.2, 0) is 4.74 Å². The van der Waals surface area contributed by atoms with Gasteiger partial charge >= 0.3 is 66.9 Å². The molecule has 2 heteroatoms. The molecule has 0 heterocycles. The van der Waals surface area contributed by atoms with Gasteiger partial charge in [0.15, 0.2) is 0 Å². The molecule has 0 bridgehead atoms. The molecule has 0 aromatic rings. The van der Waals surface area contributed by atoms with Crippen molar-refractivity contribution in [1.29, 1.82) is 0 Å². The summed E-state index contributed by atoms with van der Waals surface area (Å²) >= 11 is 2.10. The molecule has 0 radical (unpaired) electrons. The normalized spacial score (nSPS) is 15.8. The first-order valence-electron chi connectivity index (χ1n) is 3.63. The fourth-order valence-electron chi connectivity index (χ4n) is 0.687. The average molecular weight is 122 g/mol. The van der Waals surface area contributed by atoms with Crippen LogP contribution in [0.4, 0.5) is 0 Å². The molecule has 0 aliphatic heterocycles. The molecule has 1 unspecified atom stereocenters. The maximum atomic E-state index is 5.59. The molecule has 50 valence electrons. The zero-order valence-corrected chi connectivity index (χ0v) is 7.19. The van der Waals surface area contributed by atoms with Gasteiger partial charge < -0.3 is 0 Å². The van der Waals surface area contributed by atoms with Crippen LogP contribution in [0.1, 0.15) is 34.1 Å². The van der Waals surface area contributed by atoms with Crippen molar-refractivity contribution in [2.75, 3.05) is 0 Å². The van der Waals surface area contributed by atoms with E-state index in [1.165, 1.54) is 0 Å². The van der Waals surface area contributed by atoms with Crippen LogP contribution in [-0.4, -0.2) is 28.1 Å². The molecule has 0 spiro atoms. The molecule has 9 heavy (non-hydrogen) atoms. The van der Waals surface area contributed by atoms with Gasteiger partial charge in [-0.3, -0.25) is 0 Å². The maximum absolute atomic E-state index is 5.59. The Morgan fingerprint density at radius 1 is 1.44 bits per heavy atom. The van der Waals surface area contributed by atoms with Crippen LogP contribution < -0.4 is 0 Å². The summed E-state index contributed by atoms with van der Waals surface area (Å²) < 4.78 is 5.98. The van der Waals surface area contributed by atoms with Crippen LogP contribution in [0, 0.1) is 0 Å². The van der Waals surface area contributed by atoms with E-state index in [0.717, 1.165) is 6.42 Å². The SMILES string of the molecule is [Li][CH](CC)OC(C)(C)C. The average Bonchev–Trinajstić information content (AvgIpc) is 1.62. The predicted molar refractivity (Wildman–Crippen MR) is 40.7 cm³/mol. The summed E-state index contributed by atoms with van der Waals surface area (Å²) in [5, 5.41) is 0. The summed E-state index contributed by atoms with van der Waals surface area (Å²) in [6.45, 7) is 8.38. The van der Waals surface area contributed by atoms with Gasteiger partial charge in [0.1, 0.15) is 0 Å². The second-order valence-corrected chi connectivity index (χ2v) is 3.45. The van der Waals surface area contributed by atoms with Crippen LogP contribution in [0.2, 0.25) is 0 Å². The third-order valence-electron chi connectivity index (χ3n) is 1.13. The summed E-state index contributed by atoms with van der Waals surface area (Å²) in [5.41, 5.74) is 0.0232. The van der Waals surface area contributed by atoms with Crippen LogP contribution in [0.25, 0.3) is 0 Å². The fraction of sp³-hybridized carbons (Fsp3) is 1.00. The molecule has 0 aliphatic rings. The Labute approximate surface area is 67.4 Å². The monoisotopic (exact) mass is 122 g/mol. The van der Waals surface area contributed by atoms with Crippen molar-refractivity contribution >= 4 is 17.7 Å². The minimum atomic E-state index is 0.0232. The zero-order chi connectivity index (χ0) is 7.49. The third-order valence-corrected chi connectivity index (χ3v) is 1.13. The quantitative estimate of drug-likeness (QED) is 0.506. The Morgan fingerprint density at radius 2 is 1.89 bits per heavy atom. The third kappa shape index (κ3) is 6.44. The molecular formula is C7H15LiO. The number of ether oxygens (including phenoxy) is 1. The Balaban J connectivity index is 3.47. The summed E-state index contributed by atoms with van der Waals surface area (Å²) in [6.07, 6.45) is 1.09. The molecular weight excluding hydrogens is 107 g/mol. The minimum absolute atomic E-state index is 0.0232. The van der Waals surface area contributed by atoms with Gasteiger partial charge in [-0.1, -0.05) is 0 Å². The Kier molecular flexibility index (Phi) is 3.89. The number of rotatable bonds is 2. The molecule has 0 aromatic carbocycles. The second kappa shape index (κ2) is 3.66. The second-order valence-electron chi connectivity index (χ2n) is 3.45. The standard InChI is InChI=1S/C7H15O.Li/c1-5-6-8-7(2,3)4;/h6H,5H2,1-4H3;. The molecule has 1 atom stereocenters. The van der Waals surface area contributed by atoms with Crippen LogP contribution >= 0.6 is 0 Å². The zero-order valence-electron chi connectivity index (χ0n) is 7.19. The van der Waals surface area contributed by atoms with Crippen LogP contribution in [0.5, 0.6) is 0 Å². The number of hydrogen-bond acceptors (Lipinski definition) is 1. The Hall–Kier alpha value is 0.557. The molecule has 0 rings (SSSR count). The summed E-state index contributed by atoms with van der Waals surface area (Å²) in [7, 11) is 0. The van der Waals surface area contributed by atoms with E-state index in [-0.39, 0.29) is 5.60 Å². The summed E-state index contributed by atoms with van der Waals surface area (Å²) in [5.74, 6) is 0. The van der Waals surface area contributed by atoms with Crippen molar-refractivity contribution < 1.29 is 4.74 Å². The van der Waals surface area contributed by atoms with Gasteiger partial charge in [-0.2, -0.15) is 0 Å². The molecule has 0 aliphatic carbocycles. The van der Waals surface area contributed by atoms with Gasteiger partial charge in [-0.15, -0.1) is 0 Å². The predicted octanol–water partition coefficient (Wildman–Crippen LogP) is 1.71. The van der Waals surface area contributed by atoms with E-state index in [2.05, 4.69) is 45.4 Å². The number of hydrogen-bond donors (Lipinski definition) is 0. The van der Waals surface area contributed by atoms with Gasteiger partial charge in [0, 0.05) is 0 Å². The van der Waals surface area contributed by atoms with Crippen molar-refractivity contribution in [2.45, 2.75) is 44.5 Å². The van der Waals surface area contributed by atoms with E-state index in [0.29, 0.717) is 4.78 Å². The molecule has 0 fully saturated rings. The van der Waals surface area contributed by atoms with E-state index in [1.807, 2.05) is 0 Å². The van der Waals surface area contributed by atoms with E-state index >= 15 is 0 Å². The van der Waals surface area contributed by atoms with Gasteiger partial charge in [-0.05, 0) is 0 Å². The van der Waals surface area contributed by atoms with E-state index < -0.39 is 0 Å². The molecule has 0 saturated heterocycles. The fourth-order valence-corrected chi connectivity index (χ4v) is 0.687. The summed E-state index contributed by atoms with van der Waals surface area (Å²) in [6, 6.07) is 0. The Bertz CT molecular complexity index is 75.5. The topological polar surface area (TPSA) is 9.23 Å². The first kappa shape index (κ1) is 9.56. The van der Waals surface area contributed by atoms with Gasteiger partial charge in [0.2, 0.25) is 0 Å². The molecule has 0 saturated carbocycles. The van der Waals surface area contributed by atoms with Crippen LogP contribution in [0.3, 0.4) is 0 Å². The van der Waals surface area contributed by atoms with E-state index in [4.69, 9.17) is 4.74 Å². The summed E-state index contributed by atoms with van der Waals surface area (Å²) in [4.78, 5) is 0. The van der Waals surface area contributed by atoms with E-state index in [9.17, 15) is 0 Å². The van der Waals surface area contributed by atoms with Crippen molar-refractivity contribution in [3.8, 4) is 0 Å².